The van der Waals surface area contributed by atoms with Crippen molar-refractivity contribution in [2.75, 3.05) is 13.7 Å². The topological polar surface area (TPSA) is 200 Å². The number of imide groups is 1. The van der Waals surface area contributed by atoms with Crippen LogP contribution < -0.4 is 0 Å². The van der Waals surface area contributed by atoms with Gasteiger partial charge in [0.15, 0.2) is 12.2 Å². The van der Waals surface area contributed by atoms with E-state index in [9.17, 15) is 46.7 Å². The van der Waals surface area contributed by atoms with Gasteiger partial charge in [0.1, 0.15) is 24.9 Å². The lowest BCUT2D eigenvalue weighted by Gasteiger charge is -2.50. The van der Waals surface area contributed by atoms with E-state index in [1.807, 2.05) is 0 Å². The third-order valence-electron chi connectivity index (χ3n) is 7.70. The highest BCUT2D eigenvalue weighted by molar-refractivity contribution is 6.21. The van der Waals surface area contributed by atoms with Gasteiger partial charge < -0.3 is 33.2 Å². The number of aliphatic imine (C=N–C) groups is 1. The van der Waals surface area contributed by atoms with Crippen molar-refractivity contribution in [2.24, 2.45) is 4.99 Å². The summed E-state index contributed by atoms with van der Waals surface area (Å²) in [4.78, 5) is 95.0. The SMILES string of the molecule is COC(=O)[C@]1(OC(=Nc2ccccc2)C(F)(F)F)C[C@H](OC(C)=O)[C@@H](N2C(=O)c3ccccc3C2=O)[C@H]([C@H](OC(C)=O)[C@@H](COC(C)=O)OC(C)=O)O1. The Morgan fingerprint density at radius 1 is 0.868 bits per heavy atom. The Hall–Kier alpha value is -5.85. The lowest BCUT2D eigenvalue weighted by atomic mass is 9.86. The number of ether oxygens (including phenoxy) is 7. The van der Waals surface area contributed by atoms with E-state index in [-0.39, 0.29) is 16.8 Å². The Balaban J connectivity index is 2.03. The maximum atomic E-state index is 14.6. The van der Waals surface area contributed by atoms with Crippen molar-refractivity contribution < 1.29 is 79.9 Å². The molecule has 0 aliphatic carbocycles. The van der Waals surface area contributed by atoms with Gasteiger partial charge in [-0.1, -0.05) is 30.3 Å². The van der Waals surface area contributed by atoms with Crippen molar-refractivity contribution in [3.05, 3.63) is 65.7 Å². The molecule has 16 nitrogen and oxygen atoms in total. The van der Waals surface area contributed by atoms with Crippen LogP contribution in [-0.4, -0.2) is 109 Å². The number of alkyl halides is 3. The van der Waals surface area contributed by atoms with E-state index in [2.05, 4.69) is 4.99 Å². The van der Waals surface area contributed by atoms with Crippen LogP contribution in [0, 0.1) is 0 Å². The number of methoxy groups -OCH3 is 1. The minimum Gasteiger partial charge on any atom is -0.464 e. The maximum Gasteiger partial charge on any atom is 0.468 e. The van der Waals surface area contributed by atoms with Crippen LogP contribution in [0.4, 0.5) is 18.9 Å². The summed E-state index contributed by atoms with van der Waals surface area (Å²) < 4.78 is 81.3. The molecule has 2 amide bonds. The zero-order valence-corrected chi connectivity index (χ0v) is 28.7. The van der Waals surface area contributed by atoms with Crippen LogP contribution in [0.25, 0.3) is 0 Å². The van der Waals surface area contributed by atoms with Crippen LogP contribution >= 0.6 is 0 Å². The Labute approximate surface area is 299 Å². The van der Waals surface area contributed by atoms with Gasteiger partial charge in [0.05, 0.1) is 30.3 Å². The molecule has 4 rings (SSSR count). The molecule has 0 bridgehead atoms. The highest BCUT2D eigenvalue weighted by Gasteiger charge is 2.64. The van der Waals surface area contributed by atoms with Crippen molar-refractivity contribution >= 4 is 53.2 Å². The number of hydrogen-bond acceptors (Lipinski definition) is 15. The quantitative estimate of drug-likeness (QED) is 0.107. The monoisotopic (exact) mass is 750 g/mol. The number of carbonyl (C=O) groups is 7. The first-order chi connectivity index (χ1) is 24.9. The largest absolute Gasteiger partial charge is 0.468 e. The Bertz CT molecular complexity index is 1760. The van der Waals surface area contributed by atoms with Gasteiger partial charge in [-0.15, -0.1) is 0 Å². The molecule has 0 N–H and O–H groups in total. The minimum absolute atomic E-state index is 0.145. The smallest absolute Gasteiger partial charge is 0.464 e. The van der Waals surface area contributed by atoms with E-state index in [0.29, 0.717) is 4.90 Å². The second kappa shape index (κ2) is 16.2. The fraction of sp³-hybridized carbons (Fsp3) is 0.412. The van der Waals surface area contributed by atoms with Crippen molar-refractivity contribution in [1.29, 1.82) is 0 Å². The molecule has 2 aromatic carbocycles. The van der Waals surface area contributed by atoms with Gasteiger partial charge in [-0.3, -0.25) is 33.7 Å². The lowest BCUT2D eigenvalue weighted by molar-refractivity contribution is -0.302. The number of esters is 5. The molecule has 6 atom stereocenters. The van der Waals surface area contributed by atoms with Crippen molar-refractivity contribution in [3.63, 3.8) is 0 Å². The molecule has 2 aliphatic heterocycles. The van der Waals surface area contributed by atoms with Crippen LogP contribution in [0.1, 0.15) is 54.8 Å². The van der Waals surface area contributed by atoms with Crippen LogP contribution in [0.15, 0.2) is 59.6 Å². The van der Waals surface area contributed by atoms with Crippen molar-refractivity contribution in [1.82, 2.24) is 4.90 Å². The van der Waals surface area contributed by atoms with Gasteiger partial charge in [0.2, 0.25) is 0 Å². The van der Waals surface area contributed by atoms with Crippen LogP contribution in [0.2, 0.25) is 0 Å². The summed E-state index contributed by atoms with van der Waals surface area (Å²) in [5, 5.41) is 0. The number of fused-ring (bicyclic) bond motifs is 1. The molecule has 284 valence electrons. The molecular formula is C34H33F3N2O14. The van der Waals surface area contributed by atoms with Gasteiger partial charge in [-0.2, -0.15) is 13.2 Å². The lowest BCUT2D eigenvalue weighted by Crippen LogP contribution is -2.70. The molecule has 0 radical (unpaired) electrons. The van der Waals surface area contributed by atoms with Gasteiger partial charge in [-0.25, -0.2) is 9.79 Å². The van der Waals surface area contributed by atoms with E-state index in [4.69, 9.17) is 33.2 Å². The number of para-hydroxylation sites is 1. The summed E-state index contributed by atoms with van der Waals surface area (Å²) in [6, 6.07) is 10.1. The Morgan fingerprint density at radius 2 is 1.43 bits per heavy atom. The zero-order valence-electron chi connectivity index (χ0n) is 28.7. The number of benzene rings is 2. The van der Waals surface area contributed by atoms with Gasteiger partial charge in [0, 0.05) is 27.7 Å². The van der Waals surface area contributed by atoms with E-state index < -0.39 is 103 Å². The Morgan fingerprint density at radius 3 is 1.92 bits per heavy atom. The molecule has 1 saturated heterocycles. The fourth-order valence-electron chi connectivity index (χ4n) is 5.78. The number of hydrogen-bond donors (Lipinski definition) is 0. The second-order valence-corrected chi connectivity index (χ2v) is 11.6. The van der Waals surface area contributed by atoms with Gasteiger partial charge in [0.25, 0.3) is 11.8 Å². The molecule has 0 unspecified atom stereocenters. The molecule has 0 spiro atoms. The minimum atomic E-state index is -5.43. The van der Waals surface area contributed by atoms with E-state index >= 15 is 0 Å². The van der Waals surface area contributed by atoms with E-state index in [1.54, 1.807) is 0 Å². The molecule has 2 aromatic rings. The number of amides is 2. The van der Waals surface area contributed by atoms with Crippen molar-refractivity contribution in [3.8, 4) is 0 Å². The van der Waals surface area contributed by atoms with Crippen LogP contribution in [-0.2, 0) is 57.1 Å². The van der Waals surface area contributed by atoms with E-state index in [1.165, 1.54) is 54.6 Å². The molecule has 19 heteroatoms. The number of carbonyl (C=O) groups excluding carboxylic acids is 7. The summed E-state index contributed by atoms with van der Waals surface area (Å²) in [5.74, 6) is -13.3. The number of rotatable bonds is 11. The molecule has 53 heavy (non-hydrogen) atoms. The summed E-state index contributed by atoms with van der Waals surface area (Å²) in [7, 11) is 0.760. The molecule has 0 aromatic heterocycles. The first-order valence-electron chi connectivity index (χ1n) is 15.7. The van der Waals surface area contributed by atoms with E-state index in [0.717, 1.165) is 34.8 Å². The second-order valence-electron chi connectivity index (χ2n) is 11.6. The Kier molecular flexibility index (Phi) is 12.2. The number of nitrogens with zero attached hydrogens (tertiary/aromatic N) is 2. The standard InChI is InChI=1S/C34H33F3N2O14/c1-17(40)48-16-25(50-19(3)42)27(51-20(4)43)28-26(39-29(44)22-13-9-10-14-23(22)30(39)45)24(49-18(2)41)15-33(52-28,32(46)47-5)53-31(34(35,36)37)38-21-11-7-6-8-12-21/h6-14,24-28H,15-16H2,1-5H3/t24-,25+,26+,27+,28+,33+/m0/s1. The third kappa shape index (κ3) is 9.15. The maximum absolute atomic E-state index is 14.6. The number of halogens is 3. The molecule has 2 aliphatic rings. The normalized spacial score (nSPS) is 22.5. The summed E-state index contributed by atoms with van der Waals surface area (Å²) >= 11 is 0. The summed E-state index contributed by atoms with van der Waals surface area (Å²) in [6.07, 6.45) is -14.9. The first-order valence-corrected chi connectivity index (χ1v) is 15.7. The highest BCUT2D eigenvalue weighted by atomic mass is 19.4. The molecule has 0 saturated carbocycles. The van der Waals surface area contributed by atoms with Gasteiger partial charge >= 0.3 is 47.7 Å². The average Bonchev–Trinajstić information content (AvgIpc) is 3.33. The summed E-state index contributed by atoms with van der Waals surface area (Å²) in [5.41, 5.74) is -0.579. The molecule has 2 heterocycles. The van der Waals surface area contributed by atoms with Crippen LogP contribution in [0.5, 0.6) is 0 Å². The highest BCUT2D eigenvalue weighted by Crippen LogP contribution is 2.42. The molecule has 1 fully saturated rings. The summed E-state index contributed by atoms with van der Waals surface area (Å²) in [6.45, 7) is 2.74. The average molecular weight is 751 g/mol. The third-order valence-corrected chi connectivity index (χ3v) is 7.70. The van der Waals surface area contributed by atoms with Crippen molar-refractivity contribution in [2.45, 2.75) is 76.5 Å². The molecular weight excluding hydrogens is 717 g/mol. The zero-order chi connectivity index (χ0) is 39.2. The predicted octanol–water partition coefficient (Wildman–Crippen LogP) is 2.98. The predicted molar refractivity (Wildman–Crippen MR) is 169 cm³/mol. The van der Waals surface area contributed by atoms with Gasteiger partial charge in [-0.05, 0) is 24.3 Å². The first kappa shape index (κ1) is 39.9. The fourth-order valence-corrected chi connectivity index (χ4v) is 5.78. The van der Waals surface area contributed by atoms with Crippen LogP contribution in [0.3, 0.4) is 0 Å².